The fourth-order valence-electron chi connectivity index (χ4n) is 4.57. The van der Waals surface area contributed by atoms with Crippen molar-refractivity contribution < 1.29 is 4.74 Å². The van der Waals surface area contributed by atoms with Crippen molar-refractivity contribution in [2.24, 2.45) is 10.8 Å². The maximum atomic E-state index is 6.66. The van der Waals surface area contributed by atoms with Crippen LogP contribution in [0.2, 0.25) is 0 Å². The molecule has 0 aromatic heterocycles. The van der Waals surface area contributed by atoms with Crippen molar-refractivity contribution in [3.05, 3.63) is 12.2 Å². The Morgan fingerprint density at radius 2 is 1.94 bits per heavy atom. The second kappa shape index (κ2) is 3.77. The summed E-state index contributed by atoms with van der Waals surface area (Å²) < 4.78 is 6.38. The second-order valence-electron chi connectivity index (χ2n) is 7.10. The van der Waals surface area contributed by atoms with E-state index < -0.39 is 0 Å². The van der Waals surface area contributed by atoms with Gasteiger partial charge in [0, 0.05) is 15.7 Å². The summed E-state index contributed by atoms with van der Waals surface area (Å²) in [5.74, 6) is 0. The molecule has 0 amide bonds. The zero-order valence-electron chi connectivity index (χ0n) is 11.4. The molecule has 3 aliphatic rings. The maximum Gasteiger partial charge on any atom is 0.0695 e. The quantitative estimate of drug-likeness (QED) is 0.462. The first-order valence-electron chi connectivity index (χ1n) is 6.88. The lowest BCUT2D eigenvalue weighted by Gasteiger charge is -2.55. The fourth-order valence-corrected chi connectivity index (χ4v) is 5.49. The Labute approximate surface area is 123 Å². The van der Waals surface area contributed by atoms with Gasteiger partial charge in [-0.1, -0.05) is 41.9 Å². The largest absolute Gasteiger partial charge is 0.373 e. The van der Waals surface area contributed by atoms with Crippen LogP contribution < -0.4 is 0 Å². The molecule has 1 spiro atoms. The predicted molar refractivity (Wildman–Crippen MR) is 79.5 cm³/mol. The molecular formula is C15H22BrClO. The number of alkyl halides is 2. The number of hydrogen-bond acceptors (Lipinski definition) is 1. The highest BCUT2D eigenvalue weighted by atomic mass is 79.9. The highest BCUT2D eigenvalue weighted by Crippen LogP contribution is 2.68. The summed E-state index contributed by atoms with van der Waals surface area (Å²) in [6.07, 6.45) is 4.84. The first-order valence-corrected chi connectivity index (χ1v) is 8.18. The van der Waals surface area contributed by atoms with E-state index in [-0.39, 0.29) is 21.8 Å². The maximum absolute atomic E-state index is 6.66. The average Bonchev–Trinajstić information content (AvgIpc) is 2.38. The molecule has 3 heteroatoms. The van der Waals surface area contributed by atoms with Gasteiger partial charge < -0.3 is 4.74 Å². The standard InChI is InChI=1S/C15H22BrClO/c1-9-5-6-11-13(2,3)15(9)7-10(16)14(4,17)8-12(15)18-11/h10-12H,1,5-8H2,2-4H3/t10-,11+,12+,14-,15+/m1/s1. The Morgan fingerprint density at radius 1 is 1.28 bits per heavy atom. The lowest BCUT2D eigenvalue weighted by molar-refractivity contribution is 0.000826. The van der Waals surface area contributed by atoms with Crippen LogP contribution in [0.4, 0.5) is 0 Å². The van der Waals surface area contributed by atoms with Gasteiger partial charge in [0.15, 0.2) is 0 Å². The monoisotopic (exact) mass is 332 g/mol. The normalized spacial score (nSPS) is 54.3. The van der Waals surface area contributed by atoms with Crippen molar-refractivity contribution in [2.45, 2.75) is 68.4 Å². The van der Waals surface area contributed by atoms with E-state index in [1.165, 1.54) is 5.57 Å². The molecule has 1 nitrogen and oxygen atoms in total. The van der Waals surface area contributed by atoms with Crippen molar-refractivity contribution in [2.75, 3.05) is 0 Å². The van der Waals surface area contributed by atoms with E-state index in [4.69, 9.17) is 16.3 Å². The number of fused-ring (bicyclic) bond motifs is 1. The van der Waals surface area contributed by atoms with Gasteiger partial charge >= 0.3 is 0 Å². The fraction of sp³-hybridized carbons (Fsp3) is 0.867. The number of rotatable bonds is 0. The summed E-state index contributed by atoms with van der Waals surface area (Å²) in [5, 5.41) is 0. The highest BCUT2D eigenvalue weighted by molar-refractivity contribution is 9.09. The third-order valence-corrected chi connectivity index (χ3v) is 7.93. The van der Waals surface area contributed by atoms with Crippen molar-refractivity contribution in [1.29, 1.82) is 0 Å². The van der Waals surface area contributed by atoms with Gasteiger partial charge in [-0.15, -0.1) is 11.6 Å². The number of halogens is 2. The third kappa shape index (κ3) is 1.43. The van der Waals surface area contributed by atoms with Gasteiger partial charge in [0.25, 0.3) is 0 Å². The third-order valence-electron chi connectivity index (χ3n) is 5.91. The summed E-state index contributed by atoms with van der Waals surface area (Å²) in [6.45, 7) is 11.2. The smallest absolute Gasteiger partial charge is 0.0695 e. The molecule has 2 saturated carbocycles. The van der Waals surface area contributed by atoms with E-state index in [2.05, 4.69) is 43.3 Å². The van der Waals surface area contributed by atoms with E-state index in [9.17, 15) is 0 Å². The summed E-state index contributed by atoms with van der Waals surface area (Å²) in [4.78, 5) is 0.128. The van der Waals surface area contributed by atoms with Crippen molar-refractivity contribution >= 4 is 27.5 Å². The lowest BCUT2D eigenvalue weighted by Crippen LogP contribution is -2.55. The van der Waals surface area contributed by atoms with Crippen molar-refractivity contribution in [1.82, 2.24) is 0 Å². The zero-order chi connectivity index (χ0) is 13.3. The Morgan fingerprint density at radius 3 is 2.61 bits per heavy atom. The van der Waals surface area contributed by atoms with Gasteiger partial charge in [0.2, 0.25) is 0 Å². The Bertz CT molecular complexity index is 403. The summed E-state index contributed by atoms with van der Waals surface area (Å²) in [7, 11) is 0. The molecule has 1 saturated heterocycles. The number of ether oxygens (including phenoxy) is 1. The van der Waals surface area contributed by atoms with Crippen LogP contribution in [0.1, 0.15) is 46.5 Å². The van der Waals surface area contributed by atoms with E-state index in [1.54, 1.807) is 0 Å². The van der Waals surface area contributed by atoms with E-state index >= 15 is 0 Å². The van der Waals surface area contributed by atoms with Gasteiger partial charge in [-0.25, -0.2) is 0 Å². The minimum Gasteiger partial charge on any atom is -0.373 e. The van der Waals surface area contributed by atoms with Crippen LogP contribution in [0.25, 0.3) is 0 Å². The summed E-state index contributed by atoms with van der Waals surface area (Å²) >= 11 is 10.5. The second-order valence-corrected chi connectivity index (χ2v) is 9.07. The summed E-state index contributed by atoms with van der Waals surface area (Å²) in [6, 6.07) is 0. The van der Waals surface area contributed by atoms with Crippen LogP contribution in [0.3, 0.4) is 0 Å². The Kier molecular flexibility index (Phi) is 2.82. The highest BCUT2D eigenvalue weighted by Gasteiger charge is 2.68. The summed E-state index contributed by atoms with van der Waals surface area (Å²) in [5.41, 5.74) is 1.70. The van der Waals surface area contributed by atoms with Crippen molar-refractivity contribution in [3.63, 3.8) is 0 Å². The molecule has 0 radical (unpaired) electrons. The first-order chi connectivity index (χ1) is 8.22. The van der Waals surface area contributed by atoms with Crippen LogP contribution in [0.15, 0.2) is 12.2 Å². The SMILES string of the molecule is C=C1CC[C@@H]2O[C@H]3C[C@@](C)(Cl)[C@H](Br)C[C@]13C2(C)C. The van der Waals surface area contributed by atoms with Gasteiger partial charge in [0.05, 0.1) is 17.1 Å². The zero-order valence-corrected chi connectivity index (χ0v) is 13.8. The van der Waals surface area contributed by atoms with Crippen LogP contribution in [-0.2, 0) is 4.74 Å². The van der Waals surface area contributed by atoms with Gasteiger partial charge in [0.1, 0.15) is 0 Å². The van der Waals surface area contributed by atoms with Crippen LogP contribution in [0.5, 0.6) is 0 Å². The molecule has 5 atom stereocenters. The molecule has 1 aliphatic heterocycles. The Balaban J connectivity index is 2.08. The van der Waals surface area contributed by atoms with E-state index in [0.717, 1.165) is 25.7 Å². The molecule has 0 aromatic carbocycles. The predicted octanol–water partition coefficient (Wildman–Crippen LogP) is 4.67. The molecule has 18 heavy (non-hydrogen) atoms. The van der Waals surface area contributed by atoms with E-state index in [1.807, 2.05) is 0 Å². The average molecular weight is 334 g/mol. The van der Waals surface area contributed by atoms with Crippen LogP contribution in [0, 0.1) is 10.8 Å². The molecule has 2 aliphatic carbocycles. The molecule has 3 rings (SSSR count). The molecular weight excluding hydrogens is 312 g/mol. The molecule has 3 fully saturated rings. The first kappa shape index (κ1) is 13.5. The van der Waals surface area contributed by atoms with Gasteiger partial charge in [-0.2, -0.15) is 0 Å². The topological polar surface area (TPSA) is 9.23 Å². The molecule has 2 bridgehead atoms. The number of hydrogen-bond donors (Lipinski definition) is 0. The minimum atomic E-state index is -0.205. The van der Waals surface area contributed by atoms with E-state index in [0.29, 0.717) is 10.9 Å². The molecule has 0 N–H and O–H groups in total. The van der Waals surface area contributed by atoms with Crippen molar-refractivity contribution in [3.8, 4) is 0 Å². The van der Waals surface area contributed by atoms with Crippen LogP contribution >= 0.6 is 27.5 Å². The van der Waals surface area contributed by atoms with Gasteiger partial charge in [-0.3, -0.25) is 0 Å². The Hall–Kier alpha value is 0.470. The van der Waals surface area contributed by atoms with Crippen LogP contribution in [-0.4, -0.2) is 21.9 Å². The minimum absolute atomic E-state index is 0.123. The molecule has 0 unspecified atom stereocenters. The molecule has 102 valence electrons. The molecule has 1 heterocycles. The van der Waals surface area contributed by atoms with Gasteiger partial charge in [-0.05, 0) is 32.6 Å². The molecule has 0 aromatic rings. The lowest BCUT2D eigenvalue weighted by atomic mass is 9.50.